The first kappa shape index (κ1) is 18.8. The van der Waals surface area contributed by atoms with E-state index in [9.17, 15) is 4.79 Å². The molecule has 1 heterocycles. The summed E-state index contributed by atoms with van der Waals surface area (Å²) in [4.78, 5) is 17.0. The number of carbonyl (C=O) groups excluding carboxylic acids is 1. The molecule has 6 nitrogen and oxygen atoms in total. The van der Waals surface area contributed by atoms with E-state index >= 15 is 0 Å². The number of likely N-dealkylation sites (N-methyl/N-ethyl adjacent to an activating group) is 1. The van der Waals surface area contributed by atoms with Crippen molar-refractivity contribution >= 4 is 6.03 Å². The molecule has 1 fully saturated rings. The zero-order chi connectivity index (χ0) is 17.9. The number of rotatable bonds is 8. The van der Waals surface area contributed by atoms with Gasteiger partial charge in [0.25, 0.3) is 0 Å². The molecule has 1 aliphatic carbocycles. The maximum Gasteiger partial charge on any atom is 0.318 e. The number of carbonyl (C=O) groups is 1. The van der Waals surface area contributed by atoms with Crippen molar-refractivity contribution in [3.8, 4) is 0 Å². The maximum atomic E-state index is 12.8. The van der Waals surface area contributed by atoms with Crippen molar-refractivity contribution in [3.05, 3.63) is 17.0 Å². The van der Waals surface area contributed by atoms with Gasteiger partial charge in [0.05, 0.1) is 12.2 Å². The van der Waals surface area contributed by atoms with Crippen LogP contribution in [0, 0.1) is 13.8 Å². The Morgan fingerprint density at radius 3 is 2.50 bits per heavy atom. The highest BCUT2D eigenvalue weighted by Crippen LogP contribution is 2.29. The molecule has 1 saturated carbocycles. The van der Waals surface area contributed by atoms with Crippen LogP contribution in [0.4, 0.5) is 4.79 Å². The van der Waals surface area contributed by atoms with E-state index in [1.807, 2.05) is 23.6 Å². The quantitative estimate of drug-likeness (QED) is 0.794. The van der Waals surface area contributed by atoms with Crippen molar-refractivity contribution < 1.29 is 4.79 Å². The van der Waals surface area contributed by atoms with Crippen LogP contribution in [0.15, 0.2) is 0 Å². The smallest absolute Gasteiger partial charge is 0.318 e. The summed E-state index contributed by atoms with van der Waals surface area (Å²) in [7, 11) is 4.07. The SMILES string of the molecule is CCC(CNC(=O)N(Cc1c(C)nn(C)c1C)C1CC1)N(C)CC. The molecular weight excluding hydrogens is 302 g/mol. The van der Waals surface area contributed by atoms with Crippen LogP contribution in [0.5, 0.6) is 0 Å². The Kier molecular flexibility index (Phi) is 6.27. The topological polar surface area (TPSA) is 53.4 Å². The molecule has 24 heavy (non-hydrogen) atoms. The van der Waals surface area contributed by atoms with E-state index in [4.69, 9.17) is 0 Å². The number of aromatic nitrogens is 2. The van der Waals surface area contributed by atoms with E-state index in [0.717, 1.165) is 37.2 Å². The van der Waals surface area contributed by atoms with Gasteiger partial charge in [-0.05, 0) is 46.7 Å². The third-order valence-corrected chi connectivity index (χ3v) is 5.32. The van der Waals surface area contributed by atoms with E-state index in [1.165, 1.54) is 5.56 Å². The van der Waals surface area contributed by atoms with Crippen molar-refractivity contribution in [1.82, 2.24) is 24.9 Å². The molecule has 1 atom stereocenters. The Bertz CT molecular complexity index is 564. The third-order valence-electron chi connectivity index (χ3n) is 5.32. The molecule has 0 aromatic carbocycles. The van der Waals surface area contributed by atoms with Gasteiger partial charge in [-0.15, -0.1) is 0 Å². The fraction of sp³-hybridized carbons (Fsp3) is 0.778. The standard InChI is InChI=1S/C18H33N5O/c1-7-15(21(5)8-2)11-19-18(24)23(16-9-10-16)12-17-13(3)20-22(6)14(17)4/h15-16H,7-12H2,1-6H3,(H,19,24). The third kappa shape index (κ3) is 4.29. The lowest BCUT2D eigenvalue weighted by Gasteiger charge is -2.28. The second kappa shape index (κ2) is 8.01. The average molecular weight is 335 g/mol. The lowest BCUT2D eigenvalue weighted by Crippen LogP contribution is -2.47. The zero-order valence-electron chi connectivity index (χ0n) is 16.1. The Hall–Kier alpha value is -1.56. The summed E-state index contributed by atoms with van der Waals surface area (Å²) in [6.45, 7) is 10.8. The molecule has 136 valence electrons. The number of nitrogens with one attached hydrogen (secondary N) is 1. The van der Waals surface area contributed by atoms with Crippen LogP contribution in [0.25, 0.3) is 0 Å². The van der Waals surface area contributed by atoms with E-state index in [2.05, 4.69) is 43.1 Å². The molecule has 2 amide bonds. The monoisotopic (exact) mass is 335 g/mol. The number of hydrogen-bond donors (Lipinski definition) is 1. The van der Waals surface area contributed by atoms with Gasteiger partial charge in [0.2, 0.25) is 0 Å². The minimum absolute atomic E-state index is 0.0584. The van der Waals surface area contributed by atoms with Crippen molar-refractivity contribution in [2.45, 2.75) is 65.6 Å². The van der Waals surface area contributed by atoms with Gasteiger partial charge in [0.15, 0.2) is 0 Å². The van der Waals surface area contributed by atoms with Gasteiger partial charge in [0.1, 0.15) is 0 Å². The van der Waals surface area contributed by atoms with Crippen molar-refractivity contribution in [2.24, 2.45) is 7.05 Å². The molecular formula is C18H33N5O. The number of amides is 2. The highest BCUT2D eigenvalue weighted by molar-refractivity contribution is 5.75. The lowest BCUT2D eigenvalue weighted by atomic mass is 10.2. The second-order valence-corrected chi connectivity index (χ2v) is 6.95. The van der Waals surface area contributed by atoms with Gasteiger partial charge in [-0.3, -0.25) is 4.68 Å². The first-order valence-electron chi connectivity index (χ1n) is 9.12. The summed E-state index contributed by atoms with van der Waals surface area (Å²) in [6.07, 6.45) is 3.25. The largest absolute Gasteiger partial charge is 0.336 e. The first-order chi connectivity index (χ1) is 11.4. The van der Waals surface area contributed by atoms with Gasteiger partial charge in [-0.2, -0.15) is 5.10 Å². The van der Waals surface area contributed by atoms with E-state index in [-0.39, 0.29) is 6.03 Å². The van der Waals surface area contributed by atoms with Crippen molar-refractivity contribution in [3.63, 3.8) is 0 Å². The Morgan fingerprint density at radius 1 is 1.38 bits per heavy atom. The molecule has 2 rings (SSSR count). The van der Waals surface area contributed by atoms with Crippen LogP contribution in [0.1, 0.15) is 50.1 Å². The minimum Gasteiger partial charge on any atom is -0.336 e. The summed E-state index contributed by atoms with van der Waals surface area (Å²) in [5.74, 6) is 0. The van der Waals surface area contributed by atoms with Gasteiger partial charge >= 0.3 is 6.03 Å². The molecule has 0 radical (unpaired) electrons. The summed E-state index contributed by atoms with van der Waals surface area (Å²) in [6, 6.07) is 0.831. The van der Waals surface area contributed by atoms with Crippen LogP contribution < -0.4 is 5.32 Å². The fourth-order valence-electron chi connectivity index (χ4n) is 3.15. The van der Waals surface area contributed by atoms with Crippen LogP contribution in [0.3, 0.4) is 0 Å². The van der Waals surface area contributed by atoms with E-state index < -0.39 is 0 Å². The van der Waals surface area contributed by atoms with E-state index in [0.29, 0.717) is 25.2 Å². The van der Waals surface area contributed by atoms with Crippen LogP contribution in [-0.2, 0) is 13.6 Å². The summed E-state index contributed by atoms with van der Waals surface area (Å²) in [5, 5.41) is 7.63. The van der Waals surface area contributed by atoms with Gasteiger partial charge < -0.3 is 15.1 Å². The average Bonchev–Trinajstić information content (AvgIpc) is 3.36. The lowest BCUT2D eigenvalue weighted by molar-refractivity contribution is 0.183. The highest BCUT2D eigenvalue weighted by Gasteiger charge is 2.33. The highest BCUT2D eigenvalue weighted by atomic mass is 16.2. The molecule has 1 aliphatic rings. The Balaban J connectivity index is 2.01. The Labute approximate surface area is 146 Å². The number of aryl methyl sites for hydroxylation is 2. The summed E-state index contributed by atoms with van der Waals surface area (Å²) in [5.41, 5.74) is 3.34. The Morgan fingerprint density at radius 2 is 2.04 bits per heavy atom. The predicted molar refractivity (Wildman–Crippen MR) is 97.0 cm³/mol. The van der Waals surface area contributed by atoms with E-state index in [1.54, 1.807) is 0 Å². The van der Waals surface area contributed by atoms with Gasteiger partial charge in [-0.25, -0.2) is 4.79 Å². The molecule has 0 spiro atoms. The normalized spacial score (nSPS) is 15.6. The van der Waals surface area contributed by atoms with Crippen LogP contribution >= 0.6 is 0 Å². The minimum atomic E-state index is 0.0584. The van der Waals surface area contributed by atoms with Crippen LogP contribution in [-0.4, -0.2) is 57.8 Å². The van der Waals surface area contributed by atoms with Gasteiger partial charge in [-0.1, -0.05) is 13.8 Å². The van der Waals surface area contributed by atoms with Crippen LogP contribution in [0.2, 0.25) is 0 Å². The molecule has 1 aromatic rings. The zero-order valence-corrected chi connectivity index (χ0v) is 16.1. The molecule has 6 heteroatoms. The number of urea groups is 1. The molecule has 0 bridgehead atoms. The van der Waals surface area contributed by atoms with Crippen molar-refractivity contribution in [2.75, 3.05) is 20.1 Å². The molecule has 1 N–H and O–H groups in total. The number of nitrogens with zero attached hydrogens (tertiary/aromatic N) is 4. The number of hydrogen-bond acceptors (Lipinski definition) is 3. The molecule has 0 saturated heterocycles. The van der Waals surface area contributed by atoms with Crippen molar-refractivity contribution in [1.29, 1.82) is 0 Å². The predicted octanol–water partition coefficient (Wildman–Crippen LogP) is 2.44. The molecule has 0 aliphatic heterocycles. The first-order valence-corrected chi connectivity index (χ1v) is 9.12. The summed E-state index contributed by atoms with van der Waals surface area (Å²) < 4.78 is 1.90. The van der Waals surface area contributed by atoms with Gasteiger partial charge in [0, 0.05) is 36.9 Å². The molecule has 1 aromatic heterocycles. The maximum absolute atomic E-state index is 12.8. The fourth-order valence-corrected chi connectivity index (χ4v) is 3.15. The molecule has 1 unspecified atom stereocenters. The second-order valence-electron chi connectivity index (χ2n) is 6.95. The summed E-state index contributed by atoms with van der Waals surface area (Å²) >= 11 is 0.